The molecule has 5 nitrogen and oxygen atoms in total. The van der Waals surface area contributed by atoms with Crippen LogP contribution in [0.3, 0.4) is 0 Å². The highest BCUT2D eigenvalue weighted by Gasteiger charge is 2.09. The number of nitrogens with one attached hydrogen (secondary N) is 1. The van der Waals surface area contributed by atoms with Crippen molar-refractivity contribution in [3.8, 4) is 6.07 Å². The van der Waals surface area contributed by atoms with Gasteiger partial charge in [-0.2, -0.15) is 5.26 Å². The number of hydrogen-bond acceptors (Lipinski definition) is 4. The predicted octanol–water partition coefficient (Wildman–Crippen LogP) is 0.734. The van der Waals surface area contributed by atoms with E-state index in [1.807, 2.05) is 6.07 Å². The fraction of sp³-hybridized carbons (Fsp3) is 0.273. The minimum Gasteiger partial charge on any atom is -0.351 e. The Morgan fingerprint density at radius 3 is 2.41 bits per heavy atom. The van der Waals surface area contributed by atoms with Gasteiger partial charge in [-0.1, -0.05) is 0 Å². The van der Waals surface area contributed by atoms with E-state index in [2.05, 4.69) is 5.32 Å². The molecule has 0 atom stereocenters. The maximum atomic E-state index is 11.5. The van der Waals surface area contributed by atoms with Gasteiger partial charge >= 0.3 is 0 Å². The van der Waals surface area contributed by atoms with Crippen molar-refractivity contribution >= 4 is 15.7 Å². The van der Waals surface area contributed by atoms with Gasteiger partial charge < -0.3 is 5.32 Å². The van der Waals surface area contributed by atoms with Gasteiger partial charge in [-0.15, -0.1) is 0 Å². The van der Waals surface area contributed by atoms with Gasteiger partial charge in [0.25, 0.3) is 5.91 Å². The van der Waals surface area contributed by atoms with Crippen molar-refractivity contribution in [2.24, 2.45) is 0 Å². The summed E-state index contributed by atoms with van der Waals surface area (Å²) in [6.45, 7) is 0.281. The summed E-state index contributed by atoms with van der Waals surface area (Å²) >= 11 is 0. The van der Waals surface area contributed by atoms with Crippen LogP contribution in [0.1, 0.15) is 16.8 Å². The van der Waals surface area contributed by atoms with Gasteiger partial charge in [0.05, 0.1) is 17.4 Å². The molecule has 1 rings (SSSR count). The molecule has 1 N–H and O–H groups in total. The molecule has 90 valence electrons. The van der Waals surface area contributed by atoms with Crippen LogP contribution in [0.4, 0.5) is 0 Å². The highest BCUT2D eigenvalue weighted by molar-refractivity contribution is 7.90. The van der Waals surface area contributed by atoms with E-state index >= 15 is 0 Å². The van der Waals surface area contributed by atoms with Crippen LogP contribution in [0, 0.1) is 11.3 Å². The Kier molecular flexibility index (Phi) is 4.24. The summed E-state index contributed by atoms with van der Waals surface area (Å²) in [6.07, 6.45) is 1.35. The third-order valence-corrected chi connectivity index (χ3v) is 3.20. The summed E-state index contributed by atoms with van der Waals surface area (Å²) in [6, 6.07) is 7.56. The first kappa shape index (κ1) is 13.2. The molecule has 0 unspecified atom stereocenters. The van der Waals surface area contributed by atoms with Crippen LogP contribution < -0.4 is 5.32 Å². The number of carbonyl (C=O) groups excluding carboxylic acids is 1. The lowest BCUT2D eigenvalue weighted by atomic mass is 10.2. The van der Waals surface area contributed by atoms with E-state index in [9.17, 15) is 13.2 Å². The van der Waals surface area contributed by atoms with Gasteiger partial charge in [0.1, 0.15) is 0 Å². The molecule has 0 bridgehead atoms. The molecule has 0 aliphatic heterocycles. The van der Waals surface area contributed by atoms with E-state index in [0.29, 0.717) is 5.56 Å². The number of nitrogens with zero attached hydrogens (tertiary/aromatic N) is 1. The third kappa shape index (κ3) is 3.89. The molecule has 0 aliphatic rings. The van der Waals surface area contributed by atoms with Crippen LogP contribution in [-0.2, 0) is 9.84 Å². The Hall–Kier alpha value is -1.87. The lowest BCUT2D eigenvalue weighted by Gasteiger charge is -2.03. The fourth-order valence-electron chi connectivity index (χ4n) is 1.19. The lowest BCUT2D eigenvalue weighted by Crippen LogP contribution is -2.24. The molecule has 0 saturated heterocycles. The summed E-state index contributed by atoms with van der Waals surface area (Å²) < 4.78 is 22.4. The summed E-state index contributed by atoms with van der Waals surface area (Å²) in [5.41, 5.74) is 0.371. The number of rotatable bonds is 4. The van der Waals surface area contributed by atoms with E-state index in [4.69, 9.17) is 5.26 Å². The van der Waals surface area contributed by atoms with Crippen molar-refractivity contribution in [3.63, 3.8) is 0 Å². The van der Waals surface area contributed by atoms with Crippen molar-refractivity contribution in [3.05, 3.63) is 29.8 Å². The lowest BCUT2D eigenvalue weighted by molar-refractivity contribution is 0.0954. The topological polar surface area (TPSA) is 87.0 Å². The highest BCUT2D eigenvalue weighted by Crippen LogP contribution is 2.10. The van der Waals surface area contributed by atoms with Gasteiger partial charge in [-0.25, -0.2) is 8.42 Å². The van der Waals surface area contributed by atoms with E-state index in [0.717, 1.165) is 6.26 Å². The number of carbonyl (C=O) groups is 1. The Morgan fingerprint density at radius 2 is 1.94 bits per heavy atom. The van der Waals surface area contributed by atoms with Crippen LogP contribution in [-0.4, -0.2) is 27.1 Å². The Labute approximate surface area is 100.0 Å². The zero-order valence-electron chi connectivity index (χ0n) is 9.30. The fourth-order valence-corrected chi connectivity index (χ4v) is 1.82. The van der Waals surface area contributed by atoms with Crippen LogP contribution in [0.15, 0.2) is 29.2 Å². The molecule has 17 heavy (non-hydrogen) atoms. The second-order valence-corrected chi connectivity index (χ2v) is 5.48. The summed E-state index contributed by atoms with van der Waals surface area (Å²) in [7, 11) is -3.24. The normalized spacial score (nSPS) is 10.6. The van der Waals surface area contributed by atoms with Gasteiger partial charge in [0.2, 0.25) is 0 Å². The van der Waals surface area contributed by atoms with Crippen molar-refractivity contribution < 1.29 is 13.2 Å². The van der Waals surface area contributed by atoms with Crippen LogP contribution in [0.25, 0.3) is 0 Å². The van der Waals surface area contributed by atoms with Gasteiger partial charge in [0.15, 0.2) is 9.84 Å². The largest absolute Gasteiger partial charge is 0.351 e. The first-order valence-corrected chi connectivity index (χ1v) is 6.79. The molecule has 0 saturated carbocycles. The summed E-state index contributed by atoms with van der Waals surface area (Å²) in [5, 5.41) is 10.9. The van der Waals surface area contributed by atoms with E-state index < -0.39 is 9.84 Å². The molecule has 0 aliphatic carbocycles. The first-order chi connectivity index (χ1) is 7.95. The molecule has 0 heterocycles. The van der Waals surface area contributed by atoms with Gasteiger partial charge in [-0.3, -0.25) is 4.79 Å². The molecule has 1 aromatic rings. The highest BCUT2D eigenvalue weighted by atomic mass is 32.2. The second kappa shape index (κ2) is 5.46. The molecular formula is C11H12N2O3S. The molecule has 6 heteroatoms. The number of hydrogen-bond donors (Lipinski definition) is 1. The smallest absolute Gasteiger partial charge is 0.251 e. The Balaban J connectivity index is 2.75. The molecule has 0 spiro atoms. The minimum absolute atomic E-state index is 0.172. The van der Waals surface area contributed by atoms with E-state index in [-0.39, 0.29) is 23.8 Å². The average molecular weight is 252 g/mol. The van der Waals surface area contributed by atoms with Crippen LogP contribution >= 0.6 is 0 Å². The molecule has 1 aromatic carbocycles. The Bertz CT molecular complexity index is 541. The maximum absolute atomic E-state index is 11.5. The van der Waals surface area contributed by atoms with Crippen molar-refractivity contribution in [1.82, 2.24) is 5.32 Å². The molecule has 1 amide bonds. The summed E-state index contributed by atoms with van der Waals surface area (Å²) in [4.78, 5) is 11.7. The second-order valence-electron chi connectivity index (χ2n) is 3.46. The monoisotopic (exact) mass is 252 g/mol. The zero-order chi connectivity index (χ0) is 12.9. The zero-order valence-corrected chi connectivity index (χ0v) is 10.1. The SMILES string of the molecule is CS(=O)(=O)c1ccc(C(=O)NCCC#N)cc1. The van der Waals surface area contributed by atoms with E-state index in [1.54, 1.807) is 0 Å². The predicted molar refractivity (Wildman–Crippen MR) is 62.1 cm³/mol. The minimum atomic E-state index is -3.24. The van der Waals surface area contributed by atoms with Crippen molar-refractivity contribution in [1.29, 1.82) is 5.26 Å². The van der Waals surface area contributed by atoms with Crippen molar-refractivity contribution in [2.45, 2.75) is 11.3 Å². The standard InChI is InChI=1S/C11H12N2O3S/c1-17(15,16)10-5-3-9(4-6-10)11(14)13-8-2-7-12/h3-6H,2,8H2,1H3,(H,13,14). The molecule has 0 aromatic heterocycles. The van der Waals surface area contributed by atoms with E-state index in [1.165, 1.54) is 24.3 Å². The average Bonchev–Trinajstić information content (AvgIpc) is 2.28. The number of benzene rings is 1. The molecule has 0 radical (unpaired) electrons. The molecular weight excluding hydrogens is 240 g/mol. The Morgan fingerprint density at radius 1 is 1.35 bits per heavy atom. The maximum Gasteiger partial charge on any atom is 0.251 e. The number of amides is 1. The quantitative estimate of drug-likeness (QED) is 0.800. The van der Waals surface area contributed by atoms with Gasteiger partial charge in [-0.05, 0) is 24.3 Å². The summed E-state index contributed by atoms with van der Waals surface area (Å²) in [5.74, 6) is -0.319. The third-order valence-electron chi connectivity index (χ3n) is 2.07. The molecule has 0 fully saturated rings. The van der Waals surface area contributed by atoms with Crippen molar-refractivity contribution in [2.75, 3.05) is 12.8 Å². The number of sulfone groups is 1. The van der Waals surface area contributed by atoms with Crippen LogP contribution in [0.2, 0.25) is 0 Å². The first-order valence-electron chi connectivity index (χ1n) is 4.90. The number of nitriles is 1. The van der Waals surface area contributed by atoms with Gasteiger partial charge in [0, 0.05) is 18.4 Å². The van der Waals surface area contributed by atoms with Crippen LogP contribution in [0.5, 0.6) is 0 Å².